The second-order valence-corrected chi connectivity index (χ2v) is 12.7. The van der Waals surface area contributed by atoms with Crippen molar-refractivity contribution in [1.29, 1.82) is 0 Å². The molecule has 0 radical (unpaired) electrons. The smallest absolute Gasteiger partial charge is 0.285 e. The number of nitrogens with zero attached hydrogens (tertiary/aromatic N) is 1. The minimum Gasteiger partial charge on any atom is -0.488 e. The average Bonchev–Trinajstić information content (AvgIpc) is 3.11. The lowest BCUT2D eigenvalue weighted by atomic mass is 9.49. The molecule has 5 aliphatic rings. The molecule has 186 valence electrons. The van der Waals surface area contributed by atoms with Gasteiger partial charge in [-0.15, -0.1) is 0 Å². The molecule has 0 aromatic heterocycles. The van der Waals surface area contributed by atoms with Gasteiger partial charge >= 0.3 is 0 Å². The van der Waals surface area contributed by atoms with Crippen molar-refractivity contribution in [2.45, 2.75) is 45.1 Å². The Morgan fingerprint density at radius 1 is 1.08 bits per heavy atom. The monoisotopic (exact) mass is 538 g/mol. The second-order valence-electron chi connectivity index (χ2n) is 10.6. The van der Waals surface area contributed by atoms with Crippen molar-refractivity contribution < 1.29 is 14.3 Å². The van der Waals surface area contributed by atoms with Gasteiger partial charge in [0.25, 0.3) is 5.91 Å². The first kappa shape index (κ1) is 24.0. The van der Waals surface area contributed by atoms with E-state index >= 15 is 0 Å². The molecule has 36 heavy (non-hydrogen) atoms. The lowest BCUT2D eigenvalue weighted by molar-refractivity contribution is -0.152. The van der Waals surface area contributed by atoms with Crippen LogP contribution in [0.5, 0.6) is 5.75 Å². The number of hydrogen-bond donors (Lipinski definition) is 1. The maximum atomic E-state index is 13.5. The number of nitrogens with one attached hydrogen (secondary N) is 1. The van der Waals surface area contributed by atoms with Gasteiger partial charge in [-0.1, -0.05) is 59.8 Å². The predicted molar refractivity (Wildman–Crippen MR) is 146 cm³/mol. The first-order valence-corrected chi connectivity index (χ1v) is 14.0. The second kappa shape index (κ2) is 9.51. The fraction of sp³-hybridized carbons (Fsp3) is 0.393. The highest BCUT2D eigenvalue weighted by Gasteiger charge is 2.55. The van der Waals surface area contributed by atoms with Crippen LogP contribution in [0.4, 0.5) is 0 Å². The fourth-order valence-corrected chi connectivity index (χ4v) is 8.18. The minimum absolute atomic E-state index is 0.0392. The molecule has 5 fully saturated rings. The van der Waals surface area contributed by atoms with Gasteiger partial charge in [0.2, 0.25) is 5.91 Å². The van der Waals surface area contributed by atoms with Gasteiger partial charge in [-0.25, -0.2) is 0 Å². The molecule has 1 saturated heterocycles. The molecule has 7 rings (SSSR count). The normalized spacial score (nSPS) is 29.8. The standard InChI is InChI=1S/C28H27ClN2O3S2/c29-22-7-3-1-6-21(22)16-34-23-8-4-2-5-20(23)12-24-25(32)31(27(35)36-24)30-26(33)28-13-17-9-18(14-28)11-19(10-17)15-28/h1-8,12,17-19H,9-11,13-16H2,(H,30,33)/b24-12+. The third-order valence-electron chi connectivity index (χ3n) is 8.07. The molecule has 4 saturated carbocycles. The Bertz CT molecular complexity index is 1240. The zero-order chi connectivity index (χ0) is 24.9. The topological polar surface area (TPSA) is 58.6 Å². The van der Waals surface area contributed by atoms with Crippen molar-refractivity contribution in [3.63, 3.8) is 0 Å². The number of benzene rings is 2. The van der Waals surface area contributed by atoms with Crippen molar-refractivity contribution in [3.8, 4) is 5.75 Å². The van der Waals surface area contributed by atoms with Crippen LogP contribution in [0.3, 0.4) is 0 Å². The summed E-state index contributed by atoms with van der Waals surface area (Å²) in [6, 6.07) is 15.1. The molecule has 4 bridgehead atoms. The number of hydrazine groups is 1. The number of carbonyl (C=O) groups is 2. The van der Waals surface area contributed by atoms with Crippen LogP contribution in [0.15, 0.2) is 53.4 Å². The highest BCUT2D eigenvalue weighted by Crippen LogP contribution is 2.60. The maximum Gasteiger partial charge on any atom is 0.285 e. The fourth-order valence-electron chi connectivity index (χ4n) is 6.82. The molecule has 2 aromatic carbocycles. The van der Waals surface area contributed by atoms with E-state index in [1.807, 2.05) is 48.5 Å². The van der Waals surface area contributed by atoms with Crippen LogP contribution in [-0.4, -0.2) is 21.1 Å². The summed E-state index contributed by atoms with van der Waals surface area (Å²) >= 11 is 13.0. The molecule has 2 aromatic rings. The number of para-hydroxylation sites is 1. The van der Waals surface area contributed by atoms with E-state index in [9.17, 15) is 9.59 Å². The molecular weight excluding hydrogens is 512 g/mol. The summed E-state index contributed by atoms with van der Waals surface area (Å²) in [5.74, 6) is 2.24. The summed E-state index contributed by atoms with van der Waals surface area (Å²) in [5, 5.41) is 1.91. The summed E-state index contributed by atoms with van der Waals surface area (Å²) in [7, 11) is 0. The molecule has 1 N–H and O–H groups in total. The Hall–Kier alpha value is -2.35. The van der Waals surface area contributed by atoms with E-state index in [2.05, 4.69) is 5.43 Å². The van der Waals surface area contributed by atoms with Gasteiger partial charge in [-0.2, -0.15) is 5.01 Å². The van der Waals surface area contributed by atoms with Crippen molar-refractivity contribution in [2.24, 2.45) is 23.2 Å². The van der Waals surface area contributed by atoms with Crippen LogP contribution in [0.25, 0.3) is 6.08 Å². The lowest BCUT2D eigenvalue weighted by Crippen LogP contribution is -2.57. The molecule has 1 aliphatic heterocycles. The van der Waals surface area contributed by atoms with E-state index in [1.54, 1.807) is 6.08 Å². The summed E-state index contributed by atoms with van der Waals surface area (Å²) in [5.41, 5.74) is 4.21. The number of amides is 2. The quantitative estimate of drug-likeness (QED) is 0.342. The van der Waals surface area contributed by atoms with Gasteiger partial charge in [0.05, 0.1) is 10.3 Å². The minimum atomic E-state index is -0.346. The maximum absolute atomic E-state index is 13.5. The highest BCUT2D eigenvalue weighted by atomic mass is 35.5. The third-order valence-corrected chi connectivity index (χ3v) is 9.74. The van der Waals surface area contributed by atoms with Crippen molar-refractivity contribution in [3.05, 3.63) is 69.6 Å². The molecule has 8 heteroatoms. The summed E-state index contributed by atoms with van der Waals surface area (Å²) in [4.78, 5) is 27.2. The zero-order valence-corrected chi connectivity index (χ0v) is 22.1. The molecule has 0 atom stereocenters. The summed E-state index contributed by atoms with van der Waals surface area (Å²) in [6.07, 6.45) is 8.36. The number of hydrogen-bond acceptors (Lipinski definition) is 5. The number of ether oxygens (including phenoxy) is 1. The van der Waals surface area contributed by atoms with Crippen LogP contribution in [0.1, 0.15) is 49.7 Å². The van der Waals surface area contributed by atoms with E-state index in [0.717, 1.165) is 30.4 Å². The number of thiocarbonyl (C=S) groups is 1. The summed E-state index contributed by atoms with van der Waals surface area (Å²) < 4.78 is 6.39. The van der Waals surface area contributed by atoms with Gasteiger partial charge in [0.1, 0.15) is 12.4 Å². The van der Waals surface area contributed by atoms with Gasteiger partial charge in [-0.3, -0.25) is 15.0 Å². The first-order chi connectivity index (χ1) is 17.4. The van der Waals surface area contributed by atoms with E-state index in [0.29, 0.717) is 44.4 Å². The van der Waals surface area contributed by atoms with Crippen molar-refractivity contribution >= 4 is 57.8 Å². The Morgan fingerprint density at radius 2 is 1.72 bits per heavy atom. The zero-order valence-electron chi connectivity index (χ0n) is 19.7. The van der Waals surface area contributed by atoms with Crippen LogP contribution in [-0.2, 0) is 16.2 Å². The first-order valence-electron chi connectivity index (χ1n) is 12.4. The highest BCUT2D eigenvalue weighted by molar-refractivity contribution is 8.26. The Morgan fingerprint density at radius 3 is 2.42 bits per heavy atom. The molecule has 0 spiro atoms. The number of halogens is 1. The molecule has 1 heterocycles. The number of carbonyl (C=O) groups excluding carboxylic acids is 2. The molecule has 2 amide bonds. The average molecular weight is 539 g/mol. The van der Waals surface area contributed by atoms with Crippen LogP contribution >= 0.6 is 35.6 Å². The number of thioether (sulfide) groups is 1. The van der Waals surface area contributed by atoms with Gasteiger partial charge in [-0.05, 0) is 86.7 Å². The van der Waals surface area contributed by atoms with E-state index in [4.69, 9.17) is 28.6 Å². The SMILES string of the molecule is O=C1/C(=C\c2ccccc2OCc2ccccc2Cl)SC(=S)N1NC(=O)C12CC3CC(CC(C3)C1)C2. The predicted octanol–water partition coefficient (Wildman–Crippen LogP) is 6.37. The number of rotatable bonds is 6. The Kier molecular flexibility index (Phi) is 6.34. The molecule has 4 aliphatic carbocycles. The van der Waals surface area contributed by atoms with Crippen LogP contribution < -0.4 is 10.2 Å². The Labute approximate surface area is 225 Å². The van der Waals surface area contributed by atoms with Crippen LogP contribution in [0, 0.1) is 23.2 Å². The van der Waals surface area contributed by atoms with E-state index in [1.165, 1.54) is 36.0 Å². The molecule has 0 unspecified atom stereocenters. The van der Waals surface area contributed by atoms with Crippen molar-refractivity contribution in [2.75, 3.05) is 0 Å². The van der Waals surface area contributed by atoms with Crippen molar-refractivity contribution in [1.82, 2.24) is 10.4 Å². The molecular formula is C28H27ClN2O3S2. The Balaban J connectivity index is 1.17. The van der Waals surface area contributed by atoms with E-state index in [-0.39, 0.29) is 17.2 Å². The summed E-state index contributed by atoms with van der Waals surface area (Å²) in [6.45, 7) is 0.312. The van der Waals surface area contributed by atoms with Gasteiger partial charge in [0, 0.05) is 16.1 Å². The van der Waals surface area contributed by atoms with E-state index < -0.39 is 0 Å². The van der Waals surface area contributed by atoms with Crippen LogP contribution in [0.2, 0.25) is 5.02 Å². The third kappa shape index (κ3) is 4.46. The van der Waals surface area contributed by atoms with Gasteiger partial charge in [0.15, 0.2) is 4.32 Å². The largest absolute Gasteiger partial charge is 0.488 e. The molecule has 5 nitrogen and oxygen atoms in total. The lowest BCUT2D eigenvalue weighted by Gasteiger charge is -2.55. The van der Waals surface area contributed by atoms with Gasteiger partial charge < -0.3 is 4.74 Å².